The van der Waals surface area contributed by atoms with E-state index in [4.69, 9.17) is 5.11 Å². The second-order valence-electron chi connectivity index (χ2n) is 5.37. The third-order valence-electron chi connectivity index (χ3n) is 3.62. The molecule has 5 nitrogen and oxygen atoms in total. The van der Waals surface area contributed by atoms with Crippen molar-refractivity contribution in [3.63, 3.8) is 0 Å². The van der Waals surface area contributed by atoms with Gasteiger partial charge in [-0.05, 0) is 18.8 Å². The summed E-state index contributed by atoms with van der Waals surface area (Å²) < 4.78 is 0. The Morgan fingerprint density at radius 1 is 1.53 bits per heavy atom. The first-order chi connectivity index (χ1) is 7.86. The van der Waals surface area contributed by atoms with Crippen molar-refractivity contribution in [2.24, 2.45) is 11.3 Å². The summed E-state index contributed by atoms with van der Waals surface area (Å²) in [5, 5.41) is 9.16. The van der Waals surface area contributed by atoms with Crippen LogP contribution in [0.4, 0.5) is 4.79 Å². The predicted molar refractivity (Wildman–Crippen MR) is 62.3 cm³/mol. The number of allylic oxidation sites excluding steroid dienone is 1. The van der Waals surface area contributed by atoms with Gasteiger partial charge in [-0.3, -0.25) is 9.69 Å². The molecule has 0 aromatic rings. The second-order valence-corrected chi connectivity index (χ2v) is 5.37. The molecular formula is C12H18N2O3. The van der Waals surface area contributed by atoms with E-state index in [-0.39, 0.29) is 5.78 Å². The van der Waals surface area contributed by atoms with Gasteiger partial charge in [-0.2, -0.15) is 0 Å². The summed E-state index contributed by atoms with van der Waals surface area (Å²) in [5.41, 5.74) is -0.211. The summed E-state index contributed by atoms with van der Waals surface area (Å²) in [6.07, 6.45) is 2.62. The van der Waals surface area contributed by atoms with E-state index in [0.717, 1.165) is 12.8 Å². The van der Waals surface area contributed by atoms with Crippen molar-refractivity contribution in [3.05, 3.63) is 11.9 Å². The van der Waals surface area contributed by atoms with E-state index < -0.39 is 11.5 Å². The Morgan fingerprint density at radius 3 is 2.53 bits per heavy atom. The molecule has 0 aromatic heterocycles. The van der Waals surface area contributed by atoms with E-state index in [1.807, 2.05) is 6.92 Å². The summed E-state index contributed by atoms with van der Waals surface area (Å²) in [5.74, 6) is 0.320. The first-order valence-electron chi connectivity index (χ1n) is 5.80. The van der Waals surface area contributed by atoms with E-state index in [9.17, 15) is 9.59 Å². The number of carboxylic acid groups (broad SMARTS) is 1. The Hall–Kier alpha value is -1.52. The number of ketones is 1. The molecule has 17 heavy (non-hydrogen) atoms. The van der Waals surface area contributed by atoms with Crippen LogP contribution in [-0.2, 0) is 4.79 Å². The topological polar surface area (TPSA) is 60.9 Å². The fourth-order valence-corrected chi connectivity index (χ4v) is 2.48. The summed E-state index contributed by atoms with van der Waals surface area (Å²) in [4.78, 5) is 26.4. The predicted octanol–water partition coefficient (Wildman–Crippen LogP) is 1.37. The molecule has 1 aliphatic carbocycles. The zero-order chi connectivity index (χ0) is 12.8. The quantitative estimate of drug-likeness (QED) is 0.738. The maximum atomic E-state index is 12.4. The highest BCUT2D eigenvalue weighted by atomic mass is 16.4. The summed E-state index contributed by atoms with van der Waals surface area (Å²) in [6.45, 7) is 2.19. The van der Waals surface area contributed by atoms with Crippen LogP contribution >= 0.6 is 0 Å². The molecule has 1 atom stereocenters. The highest BCUT2D eigenvalue weighted by molar-refractivity contribution is 6.05. The van der Waals surface area contributed by atoms with Crippen LogP contribution in [-0.4, -0.2) is 47.4 Å². The summed E-state index contributed by atoms with van der Waals surface area (Å²) >= 11 is 0. The minimum atomic E-state index is -1.05. The molecule has 1 saturated heterocycles. The van der Waals surface area contributed by atoms with Gasteiger partial charge >= 0.3 is 6.09 Å². The number of hydrogen-bond donors (Lipinski definition) is 1. The Bertz CT molecular complexity index is 399. The average Bonchev–Trinajstić information content (AvgIpc) is 3.01. The second kappa shape index (κ2) is 3.75. The fraction of sp³-hybridized carbons (Fsp3) is 0.667. The fourth-order valence-electron chi connectivity index (χ4n) is 2.48. The number of carbonyl (C=O) groups is 2. The van der Waals surface area contributed by atoms with E-state index in [0.29, 0.717) is 18.2 Å². The molecule has 0 spiro atoms. The van der Waals surface area contributed by atoms with E-state index in [2.05, 4.69) is 0 Å². The zero-order valence-corrected chi connectivity index (χ0v) is 10.4. The standard InChI is InChI=1S/C12H18N2O3/c1-12(8-4-5-8)7-14(11(16)17)9(10(12)15)6-13(2)3/h6,8H,4-5,7H2,1-3H3,(H,16,17)/b9-6+. The van der Waals surface area contributed by atoms with Crippen molar-refractivity contribution in [1.29, 1.82) is 0 Å². The molecule has 2 rings (SSSR count). The molecule has 1 heterocycles. The van der Waals surface area contributed by atoms with Gasteiger partial charge in [-0.25, -0.2) is 4.79 Å². The van der Waals surface area contributed by atoms with Crippen LogP contribution in [0.5, 0.6) is 0 Å². The van der Waals surface area contributed by atoms with Gasteiger partial charge < -0.3 is 10.0 Å². The minimum absolute atomic E-state index is 0.0314. The van der Waals surface area contributed by atoms with Crippen LogP contribution in [0.15, 0.2) is 11.9 Å². The smallest absolute Gasteiger partial charge is 0.412 e. The monoisotopic (exact) mass is 238 g/mol. The number of carbonyl (C=O) groups excluding carboxylic acids is 1. The molecule has 1 aliphatic heterocycles. The third-order valence-corrected chi connectivity index (χ3v) is 3.62. The van der Waals surface area contributed by atoms with Gasteiger partial charge in [0.2, 0.25) is 0 Å². The van der Waals surface area contributed by atoms with Crippen molar-refractivity contribution in [1.82, 2.24) is 9.80 Å². The van der Waals surface area contributed by atoms with Crippen molar-refractivity contribution in [2.45, 2.75) is 19.8 Å². The van der Waals surface area contributed by atoms with E-state index in [1.165, 1.54) is 4.90 Å². The molecule has 0 aromatic carbocycles. The maximum absolute atomic E-state index is 12.4. The highest BCUT2D eigenvalue weighted by Crippen LogP contribution is 2.51. The van der Waals surface area contributed by atoms with Crippen molar-refractivity contribution in [3.8, 4) is 0 Å². The molecule has 0 radical (unpaired) electrons. The number of hydrogen-bond acceptors (Lipinski definition) is 3. The van der Waals surface area contributed by atoms with Crippen LogP contribution in [0.2, 0.25) is 0 Å². The van der Waals surface area contributed by atoms with E-state index in [1.54, 1.807) is 25.2 Å². The van der Waals surface area contributed by atoms with Crippen molar-refractivity contribution >= 4 is 11.9 Å². The van der Waals surface area contributed by atoms with Gasteiger partial charge in [0.15, 0.2) is 5.78 Å². The zero-order valence-electron chi connectivity index (χ0n) is 10.4. The molecule has 1 amide bonds. The number of amides is 1. The normalized spacial score (nSPS) is 31.1. The number of Topliss-reactive ketones (excluding diaryl/α,β-unsaturated/α-hetero) is 1. The van der Waals surface area contributed by atoms with Crippen LogP contribution in [0.3, 0.4) is 0 Å². The first-order valence-corrected chi connectivity index (χ1v) is 5.80. The number of rotatable bonds is 2. The molecule has 1 N–H and O–H groups in total. The lowest BCUT2D eigenvalue weighted by Crippen LogP contribution is -2.31. The van der Waals surface area contributed by atoms with Crippen LogP contribution in [0.1, 0.15) is 19.8 Å². The van der Waals surface area contributed by atoms with Crippen LogP contribution in [0.25, 0.3) is 0 Å². The van der Waals surface area contributed by atoms with Gasteiger partial charge in [0.25, 0.3) is 0 Å². The van der Waals surface area contributed by atoms with Crippen LogP contribution in [0, 0.1) is 11.3 Å². The van der Waals surface area contributed by atoms with E-state index >= 15 is 0 Å². The van der Waals surface area contributed by atoms with Gasteiger partial charge in [-0.1, -0.05) is 6.92 Å². The van der Waals surface area contributed by atoms with Crippen LogP contribution < -0.4 is 0 Å². The van der Waals surface area contributed by atoms with Gasteiger partial charge in [0.1, 0.15) is 5.70 Å². The molecule has 1 unspecified atom stereocenters. The van der Waals surface area contributed by atoms with Crippen molar-refractivity contribution in [2.75, 3.05) is 20.6 Å². The lowest BCUT2D eigenvalue weighted by molar-refractivity contribution is -0.122. The molecule has 0 bridgehead atoms. The largest absolute Gasteiger partial charge is 0.465 e. The van der Waals surface area contributed by atoms with Gasteiger partial charge in [0, 0.05) is 26.8 Å². The number of nitrogens with zero attached hydrogens (tertiary/aromatic N) is 2. The average molecular weight is 238 g/mol. The summed E-state index contributed by atoms with van der Waals surface area (Å²) in [6, 6.07) is 0. The van der Waals surface area contributed by atoms with Gasteiger partial charge in [0.05, 0.1) is 5.41 Å². The highest BCUT2D eigenvalue weighted by Gasteiger charge is 2.55. The summed E-state index contributed by atoms with van der Waals surface area (Å²) in [7, 11) is 3.57. The minimum Gasteiger partial charge on any atom is -0.465 e. The molecule has 2 fully saturated rings. The van der Waals surface area contributed by atoms with Crippen molar-refractivity contribution < 1.29 is 14.7 Å². The van der Waals surface area contributed by atoms with Gasteiger partial charge in [-0.15, -0.1) is 0 Å². The molecule has 2 aliphatic rings. The Morgan fingerprint density at radius 2 is 2.12 bits per heavy atom. The number of likely N-dealkylation sites (tertiary alicyclic amines) is 1. The molecular weight excluding hydrogens is 220 g/mol. The Labute approximate surface area is 101 Å². The maximum Gasteiger partial charge on any atom is 0.412 e. The molecule has 5 heteroatoms. The molecule has 94 valence electrons. The first kappa shape index (κ1) is 12.0. The third kappa shape index (κ3) is 1.90. The SMILES string of the molecule is CN(C)/C=C1\C(=O)C(C)(C2CC2)CN1C(=O)O. The molecule has 1 saturated carbocycles. The lowest BCUT2D eigenvalue weighted by atomic mass is 9.82. The Kier molecular flexibility index (Phi) is 2.64. The lowest BCUT2D eigenvalue weighted by Gasteiger charge is -2.20. The Balaban J connectivity index is 2.35.